The first kappa shape index (κ1) is 5.61. The minimum atomic E-state index is 1.24. The summed E-state index contributed by atoms with van der Waals surface area (Å²) in [6.45, 7) is 4.35. The Morgan fingerprint density at radius 2 is 2.12 bits per heavy atom. The Morgan fingerprint density at radius 3 is 2.50 bits per heavy atom. The van der Waals surface area contributed by atoms with Gasteiger partial charge in [-0.2, -0.15) is 0 Å². The summed E-state index contributed by atoms with van der Waals surface area (Å²) in [6, 6.07) is 0. The molecule has 1 aliphatic rings. The molecule has 0 heteroatoms. The normalized spacial score (nSPS) is 19.8. The summed E-state index contributed by atoms with van der Waals surface area (Å²) in [7, 11) is 0. The molecular weight excluding hydrogens is 96.1 g/mol. The Morgan fingerprint density at radius 1 is 1.38 bits per heavy atom. The summed E-state index contributed by atoms with van der Waals surface area (Å²) >= 11 is 0. The lowest BCUT2D eigenvalue weighted by molar-refractivity contribution is 0.945. The van der Waals surface area contributed by atoms with E-state index in [1.807, 2.05) is 0 Å². The van der Waals surface area contributed by atoms with E-state index in [2.05, 4.69) is 26.0 Å². The third-order valence-corrected chi connectivity index (χ3v) is 1.48. The fraction of sp³-hybridized carbons (Fsp3) is 0.500. The Kier molecular flexibility index (Phi) is 1.52. The fourth-order valence-corrected chi connectivity index (χ4v) is 1.05. The van der Waals surface area contributed by atoms with E-state index in [-0.39, 0.29) is 0 Å². The lowest BCUT2D eigenvalue weighted by atomic mass is 10.0. The van der Waals surface area contributed by atoms with Crippen LogP contribution in [0.15, 0.2) is 23.3 Å². The van der Waals surface area contributed by atoms with Crippen molar-refractivity contribution in [2.45, 2.75) is 26.7 Å². The van der Waals surface area contributed by atoms with Crippen molar-refractivity contribution in [2.24, 2.45) is 0 Å². The maximum atomic E-state index is 2.28. The molecule has 0 amide bonds. The first-order valence-electron chi connectivity index (χ1n) is 3.13. The van der Waals surface area contributed by atoms with Crippen molar-refractivity contribution in [1.29, 1.82) is 0 Å². The molecule has 0 spiro atoms. The van der Waals surface area contributed by atoms with Gasteiger partial charge in [0.1, 0.15) is 0 Å². The number of rotatable bonds is 0. The van der Waals surface area contributed by atoms with Crippen LogP contribution in [-0.2, 0) is 0 Å². The van der Waals surface area contributed by atoms with Crippen LogP contribution in [0.5, 0.6) is 0 Å². The van der Waals surface area contributed by atoms with Gasteiger partial charge in [-0.25, -0.2) is 0 Å². The Hall–Kier alpha value is -0.520. The molecule has 1 rings (SSSR count). The first-order chi connectivity index (χ1) is 3.79. The third-order valence-electron chi connectivity index (χ3n) is 1.48. The van der Waals surface area contributed by atoms with Crippen LogP contribution in [0.1, 0.15) is 26.7 Å². The van der Waals surface area contributed by atoms with Crippen LogP contribution < -0.4 is 0 Å². The van der Waals surface area contributed by atoms with Crippen molar-refractivity contribution in [2.75, 3.05) is 0 Å². The Labute approximate surface area is 50.9 Å². The van der Waals surface area contributed by atoms with E-state index in [1.54, 1.807) is 0 Å². The van der Waals surface area contributed by atoms with Gasteiger partial charge in [-0.15, -0.1) is 0 Å². The molecule has 0 aromatic rings. The predicted molar refractivity (Wildman–Crippen MR) is 36.7 cm³/mol. The summed E-state index contributed by atoms with van der Waals surface area (Å²) in [5.41, 5.74) is 2.94. The molecule has 0 atom stereocenters. The molecule has 0 saturated heterocycles. The second-order valence-electron chi connectivity index (χ2n) is 2.48. The zero-order chi connectivity index (χ0) is 5.98. The molecule has 0 aromatic heterocycles. The second kappa shape index (κ2) is 2.17. The highest BCUT2D eigenvalue weighted by Gasteiger charge is 1.94. The lowest BCUT2D eigenvalue weighted by Crippen LogP contribution is -1.84. The number of allylic oxidation sites excluding steroid dienone is 4. The quantitative estimate of drug-likeness (QED) is 0.447. The van der Waals surface area contributed by atoms with Gasteiger partial charge >= 0.3 is 0 Å². The van der Waals surface area contributed by atoms with Gasteiger partial charge in [-0.05, 0) is 26.7 Å². The van der Waals surface area contributed by atoms with Crippen molar-refractivity contribution in [1.82, 2.24) is 0 Å². The molecule has 0 aliphatic heterocycles. The van der Waals surface area contributed by atoms with Crippen molar-refractivity contribution < 1.29 is 0 Å². The Bertz CT molecular complexity index is 138. The minimum absolute atomic E-state index is 1.24. The molecule has 0 unspecified atom stereocenters. The summed E-state index contributed by atoms with van der Waals surface area (Å²) in [5.74, 6) is 0. The molecule has 0 aromatic carbocycles. The van der Waals surface area contributed by atoms with E-state index in [0.717, 1.165) is 0 Å². The van der Waals surface area contributed by atoms with Gasteiger partial charge in [-0.3, -0.25) is 0 Å². The molecule has 0 saturated carbocycles. The topological polar surface area (TPSA) is 0 Å². The van der Waals surface area contributed by atoms with Gasteiger partial charge in [0, 0.05) is 0 Å². The molecule has 0 bridgehead atoms. The fourth-order valence-electron chi connectivity index (χ4n) is 1.05. The monoisotopic (exact) mass is 108 g/mol. The summed E-state index contributed by atoms with van der Waals surface area (Å²) < 4.78 is 0. The molecule has 0 radical (unpaired) electrons. The predicted octanol–water partition coefficient (Wildman–Crippen LogP) is 2.67. The van der Waals surface area contributed by atoms with Crippen LogP contribution in [0.3, 0.4) is 0 Å². The van der Waals surface area contributed by atoms with E-state index in [1.165, 1.54) is 24.0 Å². The highest BCUT2D eigenvalue weighted by atomic mass is 14.0. The van der Waals surface area contributed by atoms with Gasteiger partial charge in [0.25, 0.3) is 0 Å². The number of hydrogen-bond acceptors (Lipinski definition) is 0. The molecule has 0 nitrogen and oxygen atoms in total. The second-order valence-corrected chi connectivity index (χ2v) is 2.48. The molecule has 8 heavy (non-hydrogen) atoms. The Balaban J connectivity index is 2.69. The van der Waals surface area contributed by atoms with E-state index in [4.69, 9.17) is 0 Å². The van der Waals surface area contributed by atoms with Crippen molar-refractivity contribution in [3.05, 3.63) is 23.3 Å². The van der Waals surface area contributed by atoms with Crippen LogP contribution in [0.25, 0.3) is 0 Å². The van der Waals surface area contributed by atoms with E-state index in [0.29, 0.717) is 0 Å². The van der Waals surface area contributed by atoms with Gasteiger partial charge in [0.2, 0.25) is 0 Å². The average Bonchev–Trinajstić information content (AvgIpc) is 1.64. The van der Waals surface area contributed by atoms with Crippen molar-refractivity contribution in [3.8, 4) is 0 Å². The first-order valence-corrected chi connectivity index (χ1v) is 3.13. The zero-order valence-electron chi connectivity index (χ0n) is 5.57. The van der Waals surface area contributed by atoms with E-state index >= 15 is 0 Å². The number of hydrogen-bond donors (Lipinski definition) is 0. The molecular formula is C8H12. The van der Waals surface area contributed by atoms with Crippen LogP contribution in [0.2, 0.25) is 0 Å². The highest BCUT2D eigenvalue weighted by Crippen LogP contribution is 2.14. The summed E-state index contributed by atoms with van der Waals surface area (Å²) in [4.78, 5) is 0. The summed E-state index contributed by atoms with van der Waals surface area (Å²) in [6.07, 6.45) is 7.04. The van der Waals surface area contributed by atoms with Gasteiger partial charge in [-0.1, -0.05) is 23.3 Å². The van der Waals surface area contributed by atoms with E-state index < -0.39 is 0 Å². The SMILES string of the molecule is CC1=CCCC(C)=C1. The maximum absolute atomic E-state index is 2.28. The van der Waals surface area contributed by atoms with Crippen LogP contribution in [0.4, 0.5) is 0 Å². The largest absolute Gasteiger partial charge is 0.0813 e. The molecule has 0 heterocycles. The van der Waals surface area contributed by atoms with Gasteiger partial charge in [0.15, 0.2) is 0 Å². The van der Waals surface area contributed by atoms with Gasteiger partial charge in [0.05, 0.1) is 0 Å². The molecule has 0 N–H and O–H groups in total. The van der Waals surface area contributed by atoms with Gasteiger partial charge < -0.3 is 0 Å². The minimum Gasteiger partial charge on any atom is -0.0813 e. The lowest BCUT2D eigenvalue weighted by Gasteiger charge is -2.04. The maximum Gasteiger partial charge on any atom is -0.0285 e. The van der Waals surface area contributed by atoms with E-state index in [9.17, 15) is 0 Å². The van der Waals surface area contributed by atoms with Crippen molar-refractivity contribution >= 4 is 0 Å². The summed E-state index contributed by atoms with van der Waals surface area (Å²) in [5, 5.41) is 0. The van der Waals surface area contributed by atoms with Crippen LogP contribution in [-0.4, -0.2) is 0 Å². The molecule has 0 fully saturated rings. The third kappa shape index (κ3) is 1.22. The van der Waals surface area contributed by atoms with Crippen molar-refractivity contribution in [3.63, 3.8) is 0 Å². The van der Waals surface area contributed by atoms with Crippen LogP contribution in [0, 0.1) is 0 Å². The van der Waals surface area contributed by atoms with Crippen LogP contribution >= 0.6 is 0 Å². The smallest absolute Gasteiger partial charge is 0.0285 e. The molecule has 1 aliphatic carbocycles. The molecule has 44 valence electrons. The standard InChI is InChI=1S/C8H12/c1-7-4-3-5-8(2)6-7/h4,6H,3,5H2,1-2H3. The highest BCUT2D eigenvalue weighted by molar-refractivity contribution is 5.24. The zero-order valence-corrected chi connectivity index (χ0v) is 5.57. The average molecular weight is 108 g/mol.